The van der Waals surface area contributed by atoms with Gasteiger partial charge in [-0.1, -0.05) is 6.07 Å². The van der Waals surface area contributed by atoms with Crippen LogP contribution in [0.15, 0.2) is 18.2 Å². The van der Waals surface area contributed by atoms with Crippen molar-refractivity contribution in [1.29, 1.82) is 0 Å². The second kappa shape index (κ2) is 7.36. The average molecular weight is 324 g/mol. The van der Waals surface area contributed by atoms with Crippen molar-refractivity contribution < 1.29 is 18.3 Å². The van der Waals surface area contributed by atoms with Gasteiger partial charge in [-0.2, -0.15) is 0 Å². The van der Waals surface area contributed by atoms with Crippen LogP contribution in [0.1, 0.15) is 30.7 Å². The highest BCUT2D eigenvalue weighted by atomic mass is 19.2. The number of amides is 1. The SMILES string of the molecule is O=C(COCC1CC1)NC1CNCCC1c1ccc(F)c(F)c1. The molecule has 2 unspecified atom stereocenters. The smallest absolute Gasteiger partial charge is 0.246 e. The quantitative estimate of drug-likeness (QED) is 0.841. The first-order valence-electron chi connectivity index (χ1n) is 8.16. The Balaban J connectivity index is 1.58. The molecule has 2 N–H and O–H groups in total. The molecule has 2 aliphatic rings. The van der Waals surface area contributed by atoms with E-state index in [9.17, 15) is 13.6 Å². The molecule has 2 atom stereocenters. The normalized spacial score (nSPS) is 24.4. The van der Waals surface area contributed by atoms with Gasteiger partial charge in [0, 0.05) is 18.5 Å². The van der Waals surface area contributed by atoms with Crippen LogP contribution in [0.5, 0.6) is 0 Å². The molecule has 6 heteroatoms. The minimum atomic E-state index is -0.850. The third-order valence-electron chi connectivity index (χ3n) is 4.48. The molecular formula is C17H22F2N2O2. The molecule has 4 nitrogen and oxygen atoms in total. The highest BCUT2D eigenvalue weighted by Gasteiger charge is 2.28. The first-order chi connectivity index (χ1) is 11.1. The van der Waals surface area contributed by atoms with E-state index >= 15 is 0 Å². The molecule has 1 aromatic carbocycles. The molecule has 0 radical (unpaired) electrons. The third-order valence-corrected chi connectivity index (χ3v) is 4.48. The van der Waals surface area contributed by atoms with Crippen molar-refractivity contribution in [3.63, 3.8) is 0 Å². The lowest BCUT2D eigenvalue weighted by molar-refractivity contribution is -0.126. The maximum Gasteiger partial charge on any atom is 0.246 e. The van der Waals surface area contributed by atoms with Gasteiger partial charge in [0.05, 0.1) is 6.61 Å². The first-order valence-corrected chi connectivity index (χ1v) is 8.16. The van der Waals surface area contributed by atoms with Gasteiger partial charge in [-0.05, 0) is 49.4 Å². The molecule has 1 aliphatic heterocycles. The van der Waals surface area contributed by atoms with Gasteiger partial charge >= 0.3 is 0 Å². The standard InChI is InChI=1S/C17H22F2N2O2/c18-14-4-3-12(7-15(14)19)13-5-6-20-8-16(13)21-17(22)10-23-9-11-1-2-11/h3-4,7,11,13,16,20H,1-2,5-6,8-10H2,(H,21,22). The summed E-state index contributed by atoms with van der Waals surface area (Å²) in [5.41, 5.74) is 0.717. The molecule has 1 heterocycles. The lowest BCUT2D eigenvalue weighted by atomic mass is 9.86. The second-order valence-electron chi connectivity index (χ2n) is 6.41. The molecular weight excluding hydrogens is 302 g/mol. The van der Waals surface area contributed by atoms with Crippen LogP contribution in [0.25, 0.3) is 0 Å². The molecule has 0 aromatic heterocycles. The zero-order valence-corrected chi connectivity index (χ0v) is 13.0. The number of carbonyl (C=O) groups is 1. The maximum absolute atomic E-state index is 13.5. The monoisotopic (exact) mass is 324 g/mol. The van der Waals surface area contributed by atoms with Crippen LogP contribution in [0.3, 0.4) is 0 Å². The largest absolute Gasteiger partial charge is 0.371 e. The molecule has 0 spiro atoms. The highest BCUT2D eigenvalue weighted by Crippen LogP contribution is 2.29. The number of carbonyl (C=O) groups excluding carboxylic acids is 1. The van der Waals surface area contributed by atoms with Gasteiger partial charge in [-0.25, -0.2) is 8.78 Å². The Morgan fingerprint density at radius 2 is 2.09 bits per heavy atom. The fraction of sp³-hybridized carbons (Fsp3) is 0.588. The summed E-state index contributed by atoms with van der Waals surface area (Å²) in [4.78, 5) is 12.0. The van der Waals surface area contributed by atoms with Gasteiger partial charge in [0.15, 0.2) is 11.6 Å². The van der Waals surface area contributed by atoms with E-state index in [2.05, 4.69) is 10.6 Å². The van der Waals surface area contributed by atoms with Crippen LogP contribution in [0, 0.1) is 17.6 Å². The molecule has 1 saturated carbocycles. The Morgan fingerprint density at radius 1 is 1.26 bits per heavy atom. The van der Waals surface area contributed by atoms with Crippen LogP contribution in [-0.4, -0.2) is 38.3 Å². The van der Waals surface area contributed by atoms with E-state index in [1.165, 1.54) is 18.9 Å². The van der Waals surface area contributed by atoms with Gasteiger partial charge in [-0.3, -0.25) is 4.79 Å². The Kier molecular flexibility index (Phi) is 5.23. The van der Waals surface area contributed by atoms with Crippen molar-refractivity contribution in [1.82, 2.24) is 10.6 Å². The van der Waals surface area contributed by atoms with Crippen molar-refractivity contribution >= 4 is 5.91 Å². The summed E-state index contributed by atoms with van der Waals surface area (Å²) in [6.45, 7) is 2.09. The van der Waals surface area contributed by atoms with Gasteiger partial charge in [0.25, 0.3) is 0 Å². The highest BCUT2D eigenvalue weighted by molar-refractivity contribution is 5.77. The maximum atomic E-state index is 13.5. The average Bonchev–Trinajstić information content (AvgIpc) is 3.35. The Bertz CT molecular complexity index is 564. The zero-order valence-electron chi connectivity index (χ0n) is 13.0. The summed E-state index contributed by atoms with van der Waals surface area (Å²) < 4.78 is 32.0. The number of hydrogen-bond acceptors (Lipinski definition) is 3. The molecule has 23 heavy (non-hydrogen) atoms. The number of nitrogens with one attached hydrogen (secondary N) is 2. The molecule has 0 bridgehead atoms. The molecule has 3 rings (SSSR count). The Hall–Kier alpha value is -1.53. The molecule has 2 fully saturated rings. The minimum absolute atomic E-state index is 0.0290. The predicted molar refractivity (Wildman–Crippen MR) is 82.1 cm³/mol. The van der Waals surface area contributed by atoms with Gasteiger partial charge < -0.3 is 15.4 Å². The summed E-state index contributed by atoms with van der Waals surface area (Å²) in [7, 11) is 0. The molecule has 126 valence electrons. The summed E-state index contributed by atoms with van der Waals surface area (Å²) in [5, 5.41) is 6.18. The van der Waals surface area contributed by atoms with Crippen LogP contribution in [-0.2, 0) is 9.53 Å². The van der Waals surface area contributed by atoms with E-state index in [-0.39, 0.29) is 24.5 Å². The topological polar surface area (TPSA) is 50.4 Å². The van der Waals surface area contributed by atoms with E-state index < -0.39 is 11.6 Å². The third kappa shape index (κ3) is 4.48. The van der Waals surface area contributed by atoms with Crippen molar-refractivity contribution in [2.24, 2.45) is 5.92 Å². The van der Waals surface area contributed by atoms with E-state index in [1.807, 2.05) is 0 Å². The summed E-state index contributed by atoms with van der Waals surface area (Å²) >= 11 is 0. The van der Waals surface area contributed by atoms with Crippen LogP contribution < -0.4 is 10.6 Å². The van der Waals surface area contributed by atoms with Gasteiger partial charge in [-0.15, -0.1) is 0 Å². The van der Waals surface area contributed by atoms with Crippen LogP contribution in [0.4, 0.5) is 8.78 Å². The predicted octanol–water partition coefficient (Wildman–Crippen LogP) is 1.95. The Labute approximate surface area is 134 Å². The summed E-state index contributed by atoms with van der Waals surface area (Å²) in [5.74, 6) is -1.27. The fourth-order valence-electron chi connectivity index (χ4n) is 3.00. The summed E-state index contributed by atoms with van der Waals surface area (Å²) in [6.07, 6.45) is 3.14. The zero-order chi connectivity index (χ0) is 16.2. The number of halogens is 2. The van der Waals surface area contributed by atoms with Gasteiger partial charge in [0.1, 0.15) is 6.61 Å². The molecule has 1 aliphatic carbocycles. The van der Waals surface area contributed by atoms with Crippen LogP contribution >= 0.6 is 0 Å². The van der Waals surface area contributed by atoms with E-state index in [1.54, 1.807) is 6.07 Å². The Morgan fingerprint density at radius 3 is 2.83 bits per heavy atom. The fourth-order valence-corrected chi connectivity index (χ4v) is 3.00. The van der Waals surface area contributed by atoms with E-state index in [4.69, 9.17) is 4.74 Å². The minimum Gasteiger partial charge on any atom is -0.371 e. The van der Waals surface area contributed by atoms with Crippen molar-refractivity contribution in [2.75, 3.05) is 26.3 Å². The number of hydrogen-bond donors (Lipinski definition) is 2. The lowest BCUT2D eigenvalue weighted by Crippen LogP contribution is -2.50. The lowest BCUT2D eigenvalue weighted by Gasteiger charge is -2.33. The molecule has 1 aromatic rings. The van der Waals surface area contributed by atoms with E-state index in [0.29, 0.717) is 19.1 Å². The van der Waals surface area contributed by atoms with Crippen molar-refractivity contribution in [3.05, 3.63) is 35.4 Å². The number of ether oxygens (including phenoxy) is 1. The molecule has 1 saturated heterocycles. The molecule has 1 amide bonds. The van der Waals surface area contributed by atoms with Crippen molar-refractivity contribution in [3.8, 4) is 0 Å². The van der Waals surface area contributed by atoms with E-state index in [0.717, 1.165) is 24.6 Å². The van der Waals surface area contributed by atoms with Gasteiger partial charge in [0.2, 0.25) is 5.91 Å². The number of piperidine rings is 1. The first kappa shape index (κ1) is 16.3. The number of benzene rings is 1. The second-order valence-corrected chi connectivity index (χ2v) is 6.41. The number of rotatable bonds is 6. The van der Waals surface area contributed by atoms with Crippen LogP contribution in [0.2, 0.25) is 0 Å². The summed E-state index contributed by atoms with van der Waals surface area (Å²) in [6, 6.07) is 3.82. The van der Waals surface area contributed by atoms with Crippen molar-refractivity contribution in [2.45, 2.75) is 31.2 Å².